The van der Waals surface area contributed by atoms with Crippen LogP contribution in [0, 0.1) is 5.92 Å². The van der Waals surface area contributed by atoms with Gasteiger partial charge in [-0.25, -0.2) is 0 Å². The summed E-state index contributed by atoms with van der Waals surface area (Å²) in [6, 6.07) is 6.90. The van der Waals surface area contributed by atoms with E-state index in [2.05, 4.69) is 9.97 Å². The summed E-state index contributed by atoms with van der Waals surface area (Å²) in [4.78, 5) is 21.8. The molecule has 0 aromatic carbocycles. The first-order valence-electron chi connectivity index (χ1n) is 8.15. The average molecular weight is 349 g/mol. The third-order valence-corrected chi connectivity index (χ3v) is 4.48. The van der Waals surface area contributed by atoms with E-state index in [0.29, 0.717) is 25.2 Å². The minimum Gasteiger partial charge on any atom is -0.339 e. The largest absolute Gasteiger partial charge is 0.418 e. The molecule has 2 aromatic rings. The third kappa shape index (κ3) is 4.15. The minimum absolute atomic E-state index is 0.328. The molecule has 2 aromatic heterocycles. The molecule has 132 valence electrons. The fourth-order valence-electron chi connectivity index (χ4n) is 3.13. The van der Waals surface area contributed by atoms with Crippen molar-refractivity contribution >= 4 is 5.91 Å². The van der Waals surface area contributed by atoms with E-state index in [9.17, 15) is 18.0 Å². The Morgan fingerprint density at radius 3 is 2.56 bits per heavy atom. The zero-order valence-electron chi connectivity index (χ0n) is 13.5. The van der Waals surface area contributed by atoms with E-state index in [1.807, 2.05) is 18.2 Å². The number of rotatable bonds is 3. The van der Waals surface area contributed by atoms with Crippen LogP contribution in [-0.2, 0) is 12.6 Å². The predicted molar refractivity (Wildman–Crippen MR) is 85.8 cm³/mol. The van der Waals surface area contributed by atoms with Gasteiger partial charge in [0.25, 0.3) is 5.91 Å². The van der Waals surface area contributed by atoms with Crippen LogP contribution in [0.1, 0.15) is 34.5 Å². The quantitative estimate of drug-likeness (QED) is 0.851. The number of alkyl halides is 3. The molecule has 3 rings (SSSR count). The molecular formula is C18H18F3N3O. The molecule has 0 bridgehead atoms. The highest BCUT2D eigenvalue weighted by Gasteiger charge is 2.37. The van der Waals surface area contributed by atoms with Crippen LogP contribution in [0.3, 0.4) is 0 Å². The summed E-state index contributed by atoms with van der Waals surface area (Å²) in [7, 11) is 0. The van der Waals surface area contributed by atoms with Crippen molar-refractivity contribution in [2.24, 2.45) is 5.92 Å². The second-order valence-electron chi connectivity index (χ2n) is 6.18. The number of nitrogens with zero attached hydrogens (tertiary/aromatic N) is 3. The molecule has 1 saturated heterocycles. The van der Waals surface area contributed by atoms with E-state index in [0.717, 1.165) is 31.0 Å². The maximum absolute atomic E-state index is 13.1. The van der Waals surface area contributed by atoms with Crippen LogP contribution in [0.5, 0.6) is 0 Å². The number of hydrogen-bond donors (Lipinski definition) is 0. The van der Waals surface area contributed by atoms with Crippen molar-refractivity contribution < 1.29 is 18.0 Å². The molecule has 0 N–H and O–H groups in total. The standard InChI is InChI=1S/C18H18F3N3O/c19-18(20,21)16-12-22-8-4-15(16)17(25)24-9-5-13(6-10-24)11-14-3-1-2-7-23-14/h1-4,7-8,12-13H,5-6,9-11H2. The first kappa shape index (κ1) is 17.4. The molecule has 4 nitrogen and oxygen atoms in total. The fraction of sp³-hybridized carbons (Fsp3) is 0.389. The molecule has 1 fully saturated rings. The Hall–Kier alpha value is -2.44. The first-order chi connectivity index (χ1) is 11.9. The predicted octanol–water partition coefficient (Wildman–Crippen LogP) is 3.59. The Balaban J connectivity index is 1.65. The molecule has 0 unspecified atom stereocenters. The van der Waals surface area contributed by atoms with E-state index < -0.39 is 17.6 Å². The summed E-state index contributed by atoms with van der Waals surface area (Å²) in [5.74, 6) is -0.190. The van der Waals surface area contributed by atoms with Gasteiger partial charge in [0.15, 0.2) is 0 Å². The number of piperidine rings is 1. The number of carbonyl (C=O) groups is 1. The number of carbonyl (C=O) groups excluding carboxylic acids is 1. The van der Waals surface area contributed by atoms with Crippen LogP contribution >= 0.6 is 0 Å². The number of aromatic nitrogens is 2. The van der Waals surface area contributed by atoms with Crippen LogP contribution in [0.4, 0.5) is 13.2 Å². The number of pyridine rings is 2. The van der Waals surface area contributed by atoms with Gasteiger partial charge in [-0.1, -0.05) is 6.07 Å². The van der Waals surface area contributed by atoms with Gasteiger partial charge < -0.3 is 4.90 Å². The molecule has 0 radical (unpaired) electrons. The summed E-state index contributed by atoms with van der Waals surface area (Å²) >= 11 is 0. The Morgan fingerprint density at radius 1 is 1.16 bits per heavy atom. The lowest BCUT2D eigenvalue weighted by Crippen LogP contribution is -2.39. The summed E-state index contributed by atoms with van der Waals surface area (Å²) in [6.07, 6.45) is 1.43. The lowest BCUT2D eigenvalue weighted by Gasteiger charge is -2.32. The Labute approximate surface area is 143 Å². The Morgan fingerprint density at radius 2 is 1.92 bits per heavy atom. The lowest BCUT2D eigenvalue weighted by atomic mass is 9.91. The van der Waals surface area contributed by atoms with Gasteiger partial charge in [0, 0.05) is 37.4 Å². The van der Waals surface area contributed by atoms with Crippen molar-refractivity contribution in [1.82, 2.24) is 14.9 Å². The molecule has 7 heteroatoms. The normalized spacial score (nSPS) is 16.0. The summed E-state index contributed by atoms with van der Waals surface area (Å²) in [5, 5.41) is 0. The van der Waals surface area contributed by atoms with Crippen molar-refractivity contribution in [2.45, 2.75) is 25.4 Å². The van der Waals surface area contributed by atoms with Crippen LogP contribution in [0.2, 0.25) is 0 Å². The van der Waals surface area contributed by atoms with Crippen LogP contribution in [0.25, 0.3) is 0 Å². The van der Waals surface area contributed by atoms with E-state index >= 15 is 0 Å². The maximum atomic E-state index is 13.1. The SMILES string of the molecule is O=C(c1ccncc1C(F)(F)F)N1CCC(Cc2ccccn2)CC1. The van der Waals surface area contributed by atoms with Gasteiger partial charge >= 0.3 is 6.18 Å². The lowest BCUT2D eigenvalue weighted by molar-refractivity contribution is -0.138. The van der Waals surface area contributed by atoms with E-state index in [1.54, 1.807) is 6.20 Å². The van der Waals surface area contributed by atoms with Gasteiger partial charge in [0.2, 0.25) is 0 Å². The summed E-state index contributed by atoms with van der Waals surface area (Å²) in [6.45, 7) is 0.909. The van der Waals surface area contributed by atoms with E-state index in [-0.39, 0.29) is 5.56 Å². The van der Waals surface area contributed by atoms with E-state index in [1.165, 1.54) is 11.1 Å². The topological polar surface area (TPSA) is 46.1 Å². The molecule has 1 aliphatic rings. The molecule has 0 spiro atoms. The Bertz CT molecular complexity index is 726. The molecular weight excluding hydrogens is 331 g/mol. The van der Waals surface area contributed by atoms with Gasteiger partial charge in [0.05, 0.1) is 11.1 Å². The number of likely N-dealkylation sites (tertiary alicyclic amines) is 1. The van der Waals surface area contributed by atoms with Gasteiger partial charge in [-0.05, 0) is 43.4 Å². The molecule has 1 aliphatic heterocycles. The van der Waals surface area contributed by atoms with Crippen molar-refractivity contribution in [2.75, 3.05) is 13.1 Å². The molecule has 3 heterocycles. The number of hydrogen-bond acceptors (Lipinski definition) is 3. The van der Waals surface area contributed by atoms with Crippen molar-refractivity contribution in [3.05, 3.63) is 59.7 Å². The number of amides is 1. The highest BCUT2D eigenvalue weighted by Crippen LogP contribution is 2.32. The van der Waals surface area contributed by atoms with Crippen LogP contribution in [-0.4, -0.2) is 33.9 Å². The monoisotopic (exact) mass is 349 g/mol. The van der Waals surface area contributed by atoms with Gasteiger partial charge in [-0.2, -0.15) is 13.2 Å². The zero-order valence-corrected chi connectivity index (χ0v) is 13.5. The highest BCUT2D eigenvalue weighted by molar-refractivity contribution is 5.95. The fourth-order valence-corrected chi connectivity index (χ4v) is 3.13. The molecule has 1 amide bonds. The summed E-state index contributed by atoms with van der Waals surface area (Å²) in [5.41, 5.74) is -0.304. The molecule has 0 saturated carbocycles. The van der Waals surface area contributed by atoms with Gasteiger partial charge in [-0.15, -0.1) is 0 Å². The van der Waals surface area contributed by atoms with Gasteiger partial charge in [0.1, 0.15) is 0 Å². The average Bonchev–Trinajstić information content (AvgIpc) is 2.62. The summed E-state index contributed by atoms with van der Waals surface area (Å²) < 4.78 is 39.2. The minimum atomic E-state index is -4.59. The van der Waals surface area contributed by atoms with E-state index in [4.69, 9.17) is 0 Å². The molecule has 0 atom stereocenters. The second-order valence-corrected chi connectivity index (χ2v) is 6.18. The first-order valence-corrected chi connectivity index (χ1v) is 8.15. The highest BCUT2D eigenvalue weighted by atomic mass is 19.4. The van der Waals surface area contributed by atoms with Crippen LogP contribution < -0.4 is 0 Å². The van der Waals surface area contributed by atoms with Crippen LogP contribution in [0.15, 0.2) is 42.9 Å². The molecule has 0 aliphatic carbocycles. The second kappa shape index (κ2) is 7.21. The third-order valence-electron chi connectivity index (χ3n) is 4.48. The smallest absolute Gasteiger partial charge is 0.339 e. The van der Waals surface area contributed by atoms with Crippen molar-refractivity contribution in [3.8, 4) is 0 Å². The molecule has 25 heavy (non-hydrogen) atoms. The zero-order chi connectivity index (χ0) is 17.9. The Kier molecular flexibility index (Phi) is 5.01. The van der Waals surface area contributed by atoms with Crippen molar-refractivity contribution in [3.63, 3.8) is 0 Å². The maximum Gasteiger partial charge on any atom is 0.418 e. The van der Waals surface area contributed by atoms with Crippen molar-refractivity contribution in [1.29, 1.82) is 0 Å². The number of halogens is 3. The van der Waals surface area contributed by atoms with Gasteiger partial charge in [-0.3, -0.25) is 14.8 Å².